The summed E-state index contributed by atoms with van der Waals surface area (Å²) >= 11 is 0. The molecular weight excluding hydrogens is 176 g/mol. The summed E-state index contributed by atoms with van der Waals surface area (Å²) in [6, 6.07) is 8.34. The largest absolute Gasteiger partial charge is 0.371 e. The molecule has 1 heterocycles. The topological polar surface area (TPSA) is 21.8 Å². The highest BCUT2D eigenvalue weighted by Crippen LogP contribution is 2.22. The van der Waals surface area contributed by atoms with Crippen LogP contribution in [0.5, 0.6) is 0 Å². The van der Waals surface area contributed by atoms with Gasteiger partial charge in [0, 0.05) is 0 Å². The van der Waals surface area contributed by atoms with Crippen molar-refractivity contribution < 1.29 is 9.47 Å². The van der Waals surface area contributed by atoms with E-state index in [9.17, 15) is 0 Å². The zero-order valence-corrected chi connectivity index (χ0v) is 8.69. The fourth-order valence-corrected chi connectivity index (χ4v) is 1.55. The van der Waals surface area contributed by atoms with Crippen LogP contribution in [-0.4, -0.2) is 19.3 Å². The summed E-state index contributed by atoms with van der Waals surface area (Å²) in [5.74, 6) is 0. The molecule has 1 aromatic carbocycles. The van der Waals surface area contributed by atoms with Crippen LogP contribution in [-0.2, 0) is 9.47 Å². The molecule has 1 fully saturated rings. The molecule has 1 aliphatic rings. The highest BCUT2D eigenvalue weighted by atomic mass is 16.6. The molecule has 1 aromatic rings. The number of aryl methyl sites for hydroxylation is 1. The molecule has 1 aliphatic heterocycles. The zero-order chi connectivity index (χ0) is 9.97. The first-order valence-electron chi connectivity index (χ1n) is 5.06. The number of epoxide rings is 1. The first-order valence-corrected chi connectivity index (χ1v) is 5.06. The van der Waals surface area contributed by atoms with Crippen molar-refractivity contribution in [3.63, 3.8) is 0 Å². The molecule has 0 radical (unpaired) electrons. The molecule has 0 N–H and O–H groups in total. The molecule has 0 aliphatic carbocycles. The number of benzene rings is 1. The summed E-state index contributed by atoms with van der Waals surface area (Å²) in [7, 11) is 0. The lowest BCUT2D eigenvalue weighted by Gasteiger charge is -2.14. The monoisotopic (exact) mass is 192 g/mol. The third-order valence-electron chi connectivity index (χ3n) is 2.56. The van der Waals surface area contributed by atoms with E-state index in [1.54, 1.807) is 0 Å². The van der Waals surface area contributed by atoms with Gasteiger partial charge >= 0.3 is 0 Å². The van der Waals surface area contributed by atoms with E-state index in [0.29, 0.717) is 6.10 Å². The number of rotatable bonds is 4. The molecule has 76 valence electrons. The highest BCUT2D eigenvalue weighted by molar-refractivity contribution is 5.27. The van der Waals surface area contributed by atoms with Crippen LogP contribution in [0.1, 0.15) is 24.2 Å². The van der Waals surface area contributed by atoms with Crippen molar-refractivity contribution in [1.29, 1.82) is 0 Å². The second kappa shape index (κ2) is 4.11. The van der Waals surface area contributed by atoms with Gasteiger partial charge in [-0.2, -0.15) is 0 Å². The van der Waals surface area contributed by atoms with Crippen molar-refractivity contribution >= 4 is 0 Å². The molecule has 2 nitrogen and oxygen atoms in total. The molecule has 0 amide bonds. The van der Waals surface area contributed by atoms with Crippen LogP contribution in [0.4, 0.5) is 0 Å². The van der Waals surface area contributed by atoms with Crippen molar-refractivity contribution in [2.24, 2.45) is 0 Å². The predicted octanol–water partition coefficient (Wildman–Crippen LogP) is 2.47. The lowest BCUT2D eigenvalue weighted by Crippen LogP contribution is -2.07. The molecule has 0 bridgehead atoms. The Morgan fingerprint density at radius 2 is 2.21 bits per heavy atom. The fraction of sp³-hybridized carbons (Fsp3) is 0.500. The second-order valence-electron chi connectivity index (χ2n) is 3.79. The average Bonchev–Trinajstić information content (AvgIpc) is 2.98. The minimum absolute atomic E-state index is 0.167. The summed E-state index contributed by atoms with van der Waals surface area (Å²) in [5.41, 5.74) is 2.56. The van der Waals surface area contributed by atoms with Gasteiger partial charge in [0.15, 0.2) is 0 Å². The normalized spacial score (nSPS) is 22.0. The molecule has 0 aromatic heterocycles. The summed E-state index contributed by atoms with van der Waals surface area (Å²) in [6.45, 7) is 5.78. The molecule has 2 rings (SSSR count). The fourth-order valence-electron chi connectivity index (χ4n) is 1.55. The van der Waals surface area contributed by atoms with Crippen molar-refractivity contribution in [2.45, 2.75) is 26.1 Å². The van der Waals surface area contributed by atoms with Crippen LogP contribution < -0.4 is 0 Å². The summed E-state index contributed by atoms with van der Waals surface area (Å²) in [4.78, 5) is 0. The van der Waals surface area contributed by atoms with Crippen molar-refractivity contribution in [2.75, 3.05) is 13.2 Å². The summed E-state index contributed by atoms with van der Waals surface area (Å²) in [5, 5.41) is 0. The molecule has 2 heteroatoms. The maximum Gasteiger partial charge on any atom is 0.104 e. The van der Waals surface area contributed by atoms with Crippen molar-refractivity contribution in [3.8, 4) is 0 Å². The number of hydrogen-bond acceptors (Lipinski definition) is 2. The standard InChI is InChI=1S/C12H16O2/c1-9-5-3-4-6-12(9)10(2)13-7-11-8-14-11/h3-6,10-11H,7-8H2,1-2H3. The summed E-state index contributed by atoms with van der Waals surface area (Å²) in [6.07, 6.45) is 0.516. The maximum atomic E-state index is 5.71. The zero-order valence-electron chi connectivity index (χ0n) is 8.69. The van der Waals surface area contributed by atoms with E-state index in [2.05, 4.69) is 38.1 Å². The Morgan fingerprint density at radius 3 is 2.86 bits per heavy atom. The van der Waals surface area contributed by atoms with E-state index in [1.807, 2.05) is 0 Å². The molecule has 0 saturated carbocycles. The first kappa shape index (κ1) is 9.69. The van der Waals surface area contributed by atoms with Crippen molar-refractivity contribution in [1.82, 2.24) is 0 Å². The Hall–Kier alpha value is -0.860. The SMILES string of the molecule is Cc1ccccc1C(C)OCC1CO1. The Morgan fingerprint density at radius 1 is 1.50 bits per heavy atom. The van der Waals surface area contributed by atoms with Gasteiger partial charge in [-0.15, -0.1) is 0 Å². The Labute approximate surface area is 84.8 Å². The van der Waals surface area contributed by atoms with Gasteiger partial charge in [0.25, 0.3) is 0 Å². The smallest absolute Gasteiger partial charge is 0.104 e. The Balaban J connectivity index is 1.95. The van der Waals surface area contributed by atoms with E-state index in [0.717, 1.165) is 13.2 Å². The Bertz CT molecular complexity index is 305. The van der Waals surface area contributed by atoms with Crippen LogP contribution >= 0.6 is 0 Å². The van der Waals surface area contributed by atoms with Gasteiger partial charge in [-0.05, 0) is 25.0 Å². The maximum absolute atomic E-state index is 5.71. The van der Waals surface area contributed by atoms with Gasteiger partial charge in [-0.1, -0.05) is 24.3 Å². The van der Waals surface area contributed by atoms with Crippen LogP contribution in [0.25, 0.3) is 0 Å². The van der Waals surface area contributed by atoms with E-state index in [1.165, 1.54) is 11.1 Å². The quantitative estimate of drug-likeness (QED) is 0.683. The van der Waals surface area contributed by atoms with Gasteiger partial charge in [0.1, 0.15) is 6.10 Å². The molecule has 2 atom stereocenters. The van der Waals surface area contributed by atoms with E-state index < -0.39 is 0 Å². The van der Waals surface area contributed by atoms with Gasteiger partial charge in [-0.25, -0.2) is 0 Å². The number of ether oxygens (including phenoxy) is 2. The third-order valence-corrected chi connectivity index (χ3v) is 2.56. The van der Waals surface area contributed by atoms with Gasteiger partial charge in [0.05, 0.1) is 19.3 Å². The van der Waals surface area contributed by atoms with E-state index in [-0.39, 0.29) is 6.10 Å². The lowest BCUT2D eigenvalue weighted by molar-refractivity contribution is 0.0536. The second-order valence-corrected chi connectivity index (χ2v) is 3.79. The van der Waals surface area contributed by atoms with Gasteiger partial charge < -0.3 is 9.47 Å². The third kappa shape index (κ3) is 2.34. The summed E-state index contributed by atoms with van der Waals surface area (Å²) < 4.78 is 10.8. The first-order chi connectivity index (χ1) is 6.77. The molecule has 1 saturated heterocycles. The van der Waals surface area contributed by atoms with Gasteiger partial charge in [-0.3, -0.25) is 0 Å². The van der Waals surface area contributed by atoms with Gasteiger partial charge in [0.2, 0.25) is 0 Å². The van der Waals surface area contributed by atoms with Crippen molar-refractivity contribution in [3.05, 3.63) is 35.4 Å². The van der Waals surface area contributed by atoms with Crippen LogP contribution in [0.3, 0.4) is 0 Å². The van der Waals surface area contributed by atoms with Crippen LogP contribution in [0.2, 0.25) is 0 Å². The molecule has 14 heavy (non-hydrogen) atoms. The highest BCUT2D eigenvalue weighted by Gasteiger charge is 2.23. The number of hydrogen-bond donors (Lipinski definition) is 0. The molecular formula is C12H16O2. The average molecular weight is 192 g/mol. The van der Waals surface area contributed by atoms with Crippen LogP contribution in [0.15, 0.2) is 24.3 Å². The molecule has 2 unspecified atom stereocenters. The Kier molecular flexibility index (Phi) is 2.85. The van der Waals surface area contributed by atoms with Crippen LogP contribution in [0, 0.1) is 6.92 Å². The molecule has 0 spiro atoms. The minimum Gasteiger partial charge on any atom is -0.371 e. The lowest BCUT2D eigenvalue weighted by atomic mass is 10.0. The van der Waals surface area contributed by atoms with E-state index in [4.69, 9.17) is 9.47 Å². The minimum atomic E-state index is 0.167. The predicted molar refractivity (Wildman–Crippen MR) is 55.3 cm³/mol. The van der Waals surface area contributed by atoms with E-state index >= 15 is 0 Å².